The van der Waals surface area contributed by atoms with Crippen molar-refractivity contribution >= 4 is 23.2 Å². The van der Waals surface area contributed by atoms with Gasteiger partial charge in [-0.2, -0.15) is 0 Å². The van der Waals surface area contributed by atoms with Crippen molar-refractivity contribution in [2.45, 2.75) is 6.61 Å². The van der Waals surface area contributed by atoms with Gasteiger partial charge in [0.25, 0.3) is 11.8 Å². The van der Waals surface area contributed by atoms with Crippen molar-refractivity contribution in [2.24, 2.45) is 0 Å². The van der Waals surface area contributed by atoms with Crippen LogP contribution in [-0.2, 0) is 11.4 Å². The van der Waals surface area contributed by atoms with E-state index in [0.717, 1.165) is 5.69 Å². The second kappa shape index (κ2) is 9.47. The number of amides is 2. The predicted octanol–water partition coefficient (Wildman–Crippen LogP) is 2.70. The van der Waals surface area contributed by atoms with Crippen LogP contribution in [0, 0.1) is 5.82 Å². The van der Waals surface area contributed by atoms with E-state index in [2.05, 4.69) is 15.8 Å². The van der Waals surface area contributed by atoms with Gasteiger partial charge in [0.1, 0.15) is 23.9 Å². The summed E-state index contributed by atoms with van der Waals surface area (Å²) >= 11 is 1.49. The first-order valence-corrected chi connectivity index (χ1v) is 9.12. The lowest BCUT2D eigenvalue weighted by Gasteiger charge is -2.09. The molecule has 0 radical (unpaired) electrons. The van der Waals surface area contributed by atoms with Crippen molar-refractivity contribution in [2.75, 3.05) is 6.61 Å². The molecule has 0 unspecified atom stereocenters. The van der Waals surface area contributed by atoms with Crippen molar-refractivity contribution in [3.05, 3.63) is 76.5 Å². The second-order valence-corrected chi connectivity index (χ2v) is 6.26. The van der Waals surface area contributed by atoms with E-state index in [9.17, 15) is 14.0 Å². The topological polar surface area (TPSA) is 89.6 Å². The van der Waals surface area contributed by atoms with Crippen molar-refractivity contribution in [3.63, 3.8) is 0 Å². The summed E-state index contributed by atoms with van der Waals surface area (Å²) in [6.07, 6.45) is 0. The number of halogens is 1. The van der Waals surface area contributed by atoms with Crippen LogP contribution >= 0.6 is 11.3 Å². The largest absolute Gasteiger partial charge is 0.487 e. The number of carbonyl (C=O) groups is 2. The number of aromatic nitrogens is 1. The van der Waals surface area contributed by atoms with Gasteiger partial charge >= 0.3 is 0 Å². The highest BCUT2D eigenvalue weighted by atomic mass is 32.1. The van der Waals surface area contributed by atoms with Crippen LogP contribution in [0.3, 0.4) is 0 Å². The minimum Gasteiger partial charge on any atom is -0.487 e. The molecular formula is C19H16FN3O4S. The Morgan fingerprint density at radius 3 is 2.32 bits per heavy atom. The minimum atomic E-state index is -0.555. The average Bonchev–Trinajstić information content (AvgIpc) is 3.24. The summed E-state index contributed by atoms with van der Waals surface area (Å²) in [6, 6.07) is 11.7. The van der Waals surface area contributed by atoms with Gasteiger partial charge in [-0.25, -0.2) is 9.37 Å². The first-order chi connectivity index (χ1) is 13.6. The normalized spacial score (nSPS) is 10.2. The molecule has 1 heterocycles. The zero-order valence-electron chi connectivity index (χ0n) is 14.6. The molecule has 1 aromatic heterocycles. The van der Waals surface area contributed by atoms with Crippen LogP contribution in [0.4, 0.5) is 4.39 Å². The maximum Gasteiger partial charge on any atom is 0.276 e. The van der Waals surface area contributed by atoms with E-state index < -0.39 is 17.6 Å². The Balaban J connectivity index is 1.41. The van der Waals surface area contributed by atoms with Crippen LogP contribution in [0.15, 0.2) is 59.4 Å². The second-order valence-electron chi connectivity index (χ2n) is 5.54. The number of rotatable bonds is 7. The molecule has 2 N–H and O–H groups in total. The fraction of sp³-hybridized carbons (Fsp3) is 0.105. The number of ether oxygens (including phenoxy) is 2. The zero-order chi connectivity index (χ0) is 19.8. The van der Waals surface area contributed by atoms with E-state index in [0.29, 0.717) is 23.7 Å². The van der Waals surface area contributed by atoms with Crippen LogP contribution in [-0.4, -0.2) is 23.4 Å². The van der Waals surface area contributed by atoms with Gasteiger partial charge in [-0.1, -0.05) is 0 Å². The molecule has 28 heavy (non-hydrogen) atoms. The van der Waals surface area contributed by atoms with E-state index in [-0.39, 0.29) is 6.61 Å². The number of nitrogens with zero attached hydrogens (tertiary/aromatic N) is 1. The van der Waals surface area contributed by atoms with Crippen LogP contribution in [0.1, 0.15) is 16.1 Å². The van der Waals surface area contributed by atoms with Gasteiger partial charge in [0.05, 0.1) is 11.2 Å². The Morgan fingerprint density at radius 2 is 1.64 bits per heavy atom. The number of carbonyl (C=O) groups excluding carboxylic acids is 2. The zero-order valence-corrected chi connectivity index (χ0v) is 15.4. The average molecular weight is 401 g/mol. The Morgan fingerprint density at radius 1 is 0.964 bits per heavy atom. The smallest absolute Gasteiger partial charge is 0.276 e. The molecule has 144 valence electrons. The quantitative estimate of drug-likeness (QED) is 0.594. The maximum atomic E-state index is 12.8. The van der Waals surface area contributed by atoms with Gasteiger partial charge in [0.15, 0.2) is 6.61 Å². The van der Waals surface area contributed by atoms with Crippen LogP contribution in [0.5, 0.6) is 11.5 Å². The molecule has 0 saturated carbocycles. The van der Waals surface area contributed by atoms with Crippen LogP contribution in [0.25, 0.3) is 0 Å². The fourth-order valence-electron chi connectivity index (χ4n) is 2.08. The number of hydrogen-bond acceptors (Lipinski definition) is 6. The lowest BCUT2D eigenvalue weighted by molar-refractivity contribution is -0.123. The first kappa shape index (κ1) is 19.3. The lowest BCUT2D eigenvalue weighted by Crippen LogP contribution is -2.43. The van der Waals surface area contributed by atoms with Gasteiger partial charge in [-0.3, -0.25) is 20.4 Å². The molecule has 2 amide bonds. The van der Waals surface area contributed by atoms with Gasteiger partial charge in [0, 0.05) is 10.9 Å². The molecule has 0 bridgehead atoms. The van der Waals surface area contributed by atoms with Crippen molar-refractivity contribution in [1.29, 1.82) is 0 Å². The third-order valence-corrected chi connectivity index (χ3v) is 4.12. The monoisotopic (exact) mass is 401 g/mol. The molecule has 3 rings (SSSR count). The van der Waals surface area contributed by atoms with Gasteiger partial charge in [-0.15, -0.1) is 11.3 Å². The lowest BCUT2D eigenvalue weighted by atomic mass is 10.2. The van der Waals surface area contributed by atoms with E-state index in [1.807, 2.05) is 5.38 Å². The number of thiazole rings is 1. The highest BCUT2D eigenvalue weighted by molar-refractivity contribution is 7.07. The van der Waals surface area contributed by atoms with E-state index in [1.54, 1.807) is 29.8 Å². The number of hydrazine groups is 1. The predicted molar refractivity (Wildman–Crippen MR) is 100 cm³/mol. The molecular weight excluding hydrogens is 385 g/mol. The standard InChI is InChI=1S/C19H16FN3O4S/c20-14-3-7-17(8-4-14)27-10-18(24)22-23-19(25)13-1-5-16(6-2-13)26-9-15-11-28-12-21-15/h1-8,11-12H,9-10H2,(H,22,24)(H,23,25). The number of benzene rings is 2. The van der Waals surface area contributed by atoms with Gasteiger partial charge < -0.3 is 9.47 Å². The molecule has 2 aromatic carbocycles. The Kier molecular flexibility index (Phi) is 6.53. The molecule has 0 aliphatic carbocycles. The summed E-state index contributed by atoms with van der Waals surface area (Å²) in [7, 11) is 0. The summed E-state index contributed by atoms with van der Waals surface area (Å²) < 4.78 is 23.5. The molecule has 0 fully saturated rings. The Labute approximate surface area is 164 Å². The van der Waals surface area contributed by atoms with Crippen molar-refractivity contribution in [3.8, 4) is 11.5 Å². The molecule has 0 atom stereocenters. The Bertz CT molecular complexity index is 915. The third-order valence-electron chi connectivity index (χ3n) is 3.49. The van der Waals surface area contributed by atoms with Crippen molar-refractivity contribution in [1.82, 2.24) is 15.8 Å². The molecule has 9 heteroatoms. The third kappa shape index (κ3) is 5.78. The fourth-order valence-corrected chi connectivity index (χ4v) is 2.63. The van der Waals surface area contributed by atoms with E-state index >= 15 is 0 Å². The first-order valence-electron chi connectivity index (χ1n) is 8.17. The van der Waals surface area contributed by atoms with Gasteiger partial charge in [-0.05, 0) is 48.5 Å². The summed E-state index contributed by atoms with van der Waals surface area (Å²) in [5.41, 5.74) is 7.44. The summed E-state index contributed by atoms with van der Waals surface area (Å²) in [5, 5.41) is 1.89. The van der Waals surface area contributed by atoms with E-state index in [4.69, 9.17) is 9.47 Å². The molecule has 0 aliphatic rings. The van der Waals surface area contributed by atoms with Crippen LogP contribution < -0.4 is 20.3 Å². The van der Waals surface area contributed by atoms with Crippen molar-refractivity contribution < 1.29 is 23.5 Å². The van der Waals surface area contributed by atoms with E-state index in [1.165, 1.54) is 35.6 Å². The number of hydrogen-bond donors (Lipinski definition) is 2. The highest BCUT2D eigenvalue weighted by Gasteiger charge is 2.08. The molecule has 3 aromatic rings. The molecule has 0 aliphatic heterocycles. The molecule has 7 nitrogen and oxygen atoms in total. The summed E-state index contributed by atoms with van der Waals surface area (Å²) in [5.74, 6) is -0.497. The van der Waals surface area contributed by atoms with Gasteiger partial charge in [0.2, 0.25) is 0 Å². The highest BCUT2D eigenvalue weighted by Crippen LogP contribution is 2.14. The summed E-state index contributed by atoms with van der Waals surface area (Å²) in [6.45, 7) is 0.0223. The van der Waals surface area contributed by atoms with Crippen LogP contribution in [0.2, 0.25) is 0 Å². The minimum absolute atomic E-state index is 0.324. The SMILES string of the molecule is O=C(COc1ccc(F)cc1)NNC(=O)c1ccc(OCc2cscn2)cc1. The molecule has 0 saturated heterocycles. The summed E-state index contributed by atoms with van der Waals surface area (Å²) in [4.78, 5) is 27.9. The molecule has 0 spiro atoms. The maximum absolute atomic E-state index is 12.8. The number of nitrogens with one attached hydrogen (secondary N) is 2. The Hall–Kier alpha value is -3.46.